The molecule has 0 unspecified atom stereocenters. The molecule has 1 aliphatic rings. The first-order valence-electron chi connectivity index (χ1n) is 9.99. The monoisotopic (exact) mass is 438 g/mol. The summed E-state index contributed by atoms with van der Waals surface area (Å²) in [5.74, 6) is -0.604. The average Bonchev–Trinajstić information content (AvgIpc) is 3.49. The van der Waals surface area contributed by atoms with Crippen molar-refractivity contribution in [2.75, 3.05) is 13.3 Å². The Bertz CT molecular complexity index is 1090. The van der Waals surface area contributed by atoms with E-state index in [-0.39, 0.29) is 17.6 Å². The van der Waals surface area contributed by atoms with Gasteiger partial charge >= 0.3 is 0 Å². The molecule has 31 heavy (non-hydrogen) atoms. The normalized spacial score (nSPS) is 13.1. The highest BCUT2D eigenvalue weighted by Crippen LogP contribution is 2.23. The summed E-state index contributed by atoms with van der Waals surface area (Å²) in [6, 6.07) is 13.5. The lowest BCUT2D eigenvalue weighted by Crippen LogP contribution is -2.28. The molecule has 3 aromatic rings. The number of aromatic nitrogens is 2. The molecular weight excluding hydrogens is 415 g/mol. The molecule has 4 rings (SSSR count). The van der Waals surface area contributed by atoms with E-state index in [1.165, 1.54) is 23.9 Å². The smallest absolute Gasteiger partial charge is 0.272 e. The van der Waals surface area contributed by atoms with Gasteiger partial charge in [-0.15, -0.1) is 0 Å². The van der Waals surface area contributed by atoms with E-state index < -0.39 is 0 Å². The lowest BCUT2D eigenvalue weighted by Gasteiger charge is -2.19. The van der Waals surface area contributed by atoms with Crippen LogP contribution in [0.2, 0.25) is 0 Å². The van der Waals surface area contributed by atoms with Gasteiger partial charge in [-0.25, -0.2) is 9.37 Å². The Labute approximate surface area is 184 Å². The summed E-state index contributed by atoms with van der Waals surface area (Å²) < 4.78 is 15.1. The van der Waals surface area contributed by atoms with Gasteiger partial charge in [0.15, 0.2) is 5.16 Å². The fourth-order valence-electron chi connectivity index (χ4n) is 3.27. The Hall–Kier alpha value is -3.13. The van der Waals surface area contributed by atoms with Gasteiger partial charge in [-0.1, -0.05) is 23.9 Å². The summed E-state index contributed by atoms with van der Waals surface area (Å²) in [7, 11) is 1.72. The fourth-order valence-corrected chi connectivity index (χ4v) is 3.81. The van der Waals surface area contributed by atoms with E-state index in [2.05, 4.69) is 10.3 Å². The Morgan fingerprint density at radius 1 is 1.16 bits per heavy atom. The van der Waals surface area contributed by atoms with Crippen LogP contribution in [0.3, 0.4) is 0 Å². The van der Waals surface area contributed by atoms with E-state index in [9.17, 15) is 14.0 Å². The lowest BCUT2D eigenvalue weighted by molar-refractivity contribution is 0.0776. The second kappa shape index (κ2) is 8.93. The molecule has 0 spiro atoms. The van der Waals surface area contributed by atoms with Crippen molar-refractivity contribution in [2.24, 2.45) is 0 Å². The summed E-state index contributed by atoms with van der Waals surface area (Å²) in [5, 5.41) is 3.61. The maximum Gasteiger partial charge on any atom is 0.272 e. The van der Waals surface area contributed by atoms with Crippen molar-refractivity contribution in [1.29, 1.82) is 0 Å². The molecule has 1 fully saturated rings. The first-order chi connectivity index (χ1) is 15.0. The van der Waals surface area contributed by atoms with Crippen LogP contribution in [0.4, 0.5) is 4.39 Å². The number of imidazole rings is 1. The molecule has 2 aromatic carbocycles. The zero-order chi connectivity index (χ0) is 22.0. The summed E-state index contributed by atoms with van der Waals surface area (Å²) in [5.41, 5.74) is 2.60. The molecule has 0 saturated heterocycles. The number of halogens is 1. The molecule has 8 heteroatoms. The van der Waals surface area contributed by atoms with Crippen molar-refractivity contribution < 1.29 is 14.0 Å². The van der Waals surface area contributed by atoms with Gasteiger partial charge in [0.2, 0.25) is 0 Å². The number of thioether (sulfide) groups is 1. The van der Waals surface area contributed by atoms with E-state index in [1.807, 2.05) is 18.4 Å². The molecule has 0 bridgehead atoms. The number of benzene rings is 2. The highest BCUT2D eigenvalue weighted by Gasteiger charge is 2.24. The van der Waals surface area contributed by atoms with E-state index in [1.54, 1.807) is 47.0 Å². The predicted molar refractivity (Wildman–Crippen MR) is 118 cm³/mol. The number of nitrogens with one attached hydrogen (secondary N) is 1. The maximum atomic E-state index is 13.4. The van der Waals surface area contributed by atoms with Gasteiger partial charge < -0.3 is 10.2 Å². The number of amides is 2. The molecule has 6 nitrogen and oxygen atoms in total. The summed E-state index contributed by atoms with van der Waals surface area (Å²) in [6.07, 6.45) is 5.51. The Morgan fingerprint density at radius 2 is 1.84 bits per heavy atom. The molecule has 160 valence electrons. The Morgan fingerprint density at radius 3 is 2.45 bits per heavy atom. The maximum absolute atomic E-state index is 13.4. The van der Waals surface area contributed by atoms with Gasteiger partial charge in [-0.2, -0.15) is 0 Å². The van der Waals surface area contributed by atoms with Crippen LogP contribution in [0.15, 0.2) is 59.9 Å². The molecular formula is C23H23FN4O2S. The van der Waals surface area contributed by atoms with Crippen molar-refractivity contribution in [3.05, 3.63) is 77.4 Å². The van der Waals surface area contributed by atoms with Gasteiger partial charge in [-0.3, -0.25) is 14.2 Å². The van der Waals surface area contributed by atoms with E-state index in [4.69, 9.17) is 0 Å². The molecule has 1 N–H and O–H groups in total. The molecule has 1 saturated carbocycles. The average molecular weight is 439 g/mol. The van der Waals surface area contributed by atoms with Crippen molar-refractivity contribution in [3.63, 3.8) is 0 Å². The van der Waals surface area contributed by atoms with Gasteiger partial charge in [-0.05, 0) is 61.1 Å². The minimum absolute atomic E-state index is 0.0636. The standard InChI is InChI=1S/C23H23FN4O2S/c1-27(14-15-3-5-16(6-4-15)21(29)26-18-9-10-18)22(30)20-13-25-23(31-2)28(20)19-11-7-17(24)8-12-19/h3-8,11-13,18H,9-10,14H2,1-2H3,(H,26,29). The number of carbonyl (C=O) groups excluding carboxylic acids is 2. The first kappa shape index (κ1) is 21.1. The molecule has 1 heterocycles. The van der Waals surface area contributed by atoms with Crippen LogP contribution in [0.25, 0.3) is 5.69 Å². The SMILES string of the molecule is CSc1ncc(C(=O)N(C)Cc2ccc(C(=O)NC3CC3)cc2)n1-c1ccc(F)cc1. The first-order valence-corrected chi connectivity index (χ1v) is 11.2. The van der Waals surface area contributed by atoms with E-state index in [0.29, 0.717) is 34.7 Å². The lowest BCUT2D eigenvalue weighted by atomic mass is 10.1. The summed E-state index contributed by atoms with van der Waals surface area (Å²) in [4.78, 5) is 31.2. The van der Waals surface area contributed by atoms with Crippen molar-refractivity contribution in [3.8, 4) is 5.69 Å². The number of rotatable bonds is 7. The highest BCUT2D eigenvalue weighted by molar-refractivity contribution is 7.98. The number of nitrogens with zero attached hydrogens (tertiary/aromatic N) is 3. The van der Waals surface area contributed by atoms with E-state index in [0.717, 1.165) is 18.4 Å². The van der Waals surface area contributed by atoms with Crippen LogP contribution >= 0.6 is 11.8 Å². The zero-order valence-corrected chi connectivity index (χ0v) is 18.2. The van der Waals surface area contributed by atoms with Crippen LogP contribution in [0.1, 0.15) is 39.3 Å². The largest absolute Gasteiger partial charge is 0.349 e. The molecule has 1 aliphatic carbocycles. The minimum Gasteiger partial charge on any atom is -0.349 e. The van der Waals surface area contributed by atoms with Gasteiger partial charge in [0, 0.05) is 30.9 Å². The van der Waals surface area contributed by atoms with Crippen molar-refractivity contribution in [1.82, 2.24) is 19.8 Å². The van der Waals surface area contributed by atoms with Crippen LogP contribution in [0.5, 0.6) is 0 Å². The third-order valence-electron chi connectivity index (χ3n) is 5.11. The predicted octanol–water partition coefficient (Wildman–Crippen LogP) is 3.90. The van der Waals surface area contributed by atoms with Crippen molar-refractivity contribution in [2.45, 2.75) is 30.6 Å². The quantitative estimate of drug-likeness (QED) is 0.568. The van der Waals surface area contributed by atoms with Gasteiger partial charge in [0.25, 0.3) is 11.8 Å². The van der Waals surface area contributed by atoms with Crippen LogP contribution in [0, 0.1) is 5.82 Å². The van der Waals surface area contributed by atoms with Crippen LogP contribution < -0.4 is 5.32 Å². The third kappa shape index (κ3) is 4.80. The Kier molecular flexibility index (Phi) is 6.08. The topological polar surface area (TPSA) is 67.2 Å². The summed E-state index contributed by atoms with van der Waals surface area (Å²) in [6.45, 7) is 0.382. The van der Waals surface area contributed by atoms with E-state index >= 15 is 0 Å². The third-order valence-corrected chi connectivity index (χ3v) is 5.76. The summed E-state index contributed by atoms with van der Waals surface area (Å²) >= 11 is 1.41. The molecule has 2 amide bonds. The van der Waals surface area contributed by atoms with Crippen LogP contribution in [-0.2, 0) is 6.54 Å². The zero-order valence-electron chi connectivity index (χ0n) is 17.3. The minimum atomic E-state index is -0.339. The second-order valence-corrected chi connectivity index (χ2v) is 8.32. The van der Waals surface area contributed by atoms with Crippen LogP contribution in [-0.4, -0.2) is 45.6 Å². The molecule has 1 aromatic heterocycles. The highest BCUT2D eigenvalue weighted by atomic mass is 32.2. The van der Waals surface area contributed by atoms with Crippen molar-refractivity contribution >= 4 is 23.6 Å². The number of hydrogen-bond acceptors (Lipinski definition) is 4. The Balaban J connectivity index is 1.50. The van der Waals surface area contributed by atoms with Gasteiger partial charge in [0.05, 0.1) is 6.20 Å². The molecule has 0 radical (unpaired) electrons. The molecule has 0 atom stereocenters. The number of hydrogen-bond donors (Lipinski definition) is 1. The second-order valence-electron chi connectivity index (χ2n) is 7.55. The van der Waals surface area contributed by atoms with Gasteiger partial charge in [0.1, 0.15) is 11.5 Å². The fraction of sp³-hybridized carbons (Fsp3) is 0.261. The molecule has 0 aliphatic heterocycles. The number of carbonyl (C=O) groups is 2.